The smallest absolute Gasteiger partial charge is 0.213 e. The van der Waals surface area contributed by atoms with Crippen LogP contribution in [0.1, 0.15) is 48.4 Å². The summed E-state index contributed by atoms with van der Waals surface area (Å²) < 4.78 is 2.45. The van der Waals surface area contributed by atoms with Gasteiger partial charge in [0.2, 0.25) is 5.69 Å². The van der Waals surface area contributed by atoms with Gasteiger partial charge in [0.15, 0.2) is 12.2 Å². The molecule has 2 aliphatic heterocycles. The van der Waals surface area contributed by atoms with Crippen LogP contribution in [0, 0.1) is 0 Å². The molecule has 0 saturated carbocycles. The molecule has 0 saturated heterocycles. The molecule has 28 heavy (non-hydrogen) atoms. The highest BCUT2D eigenvalue weighted by Crippen LogP contribution is 2.43. The van der Waals surface area contributed by atoms with E-state index in [2.05, 4.69) is 91.0 Å². The van der Waals surface area contributed by atoms with Crippen molar-refractivity contribution in [3.05, 3.63) is 102 Å². The number of aliphatic imine (C=N–C) groups is 1. The third kappa shape index (κ3) is 2.80. The number of aryl methyl sites for hydroxylation is 1. The Balaban J connectivity index is 1.68. The second-order valence-electron chi connectivity index (χ2n) is 7.92. The van der Waals surface area contributed by atoms with Crippen LogP contribution in [0.4, 0.5) is 0 Å². The lowest BCUT2D eigenvalue weighted by atomic mass is 9.77. The SMILES string of the molecule is C=C1CC2C(CCc3ccccc3C(C)=N1)c1ccccc1-c1cccc[n+]12. The Labute approximate surface area is 166 Å². The molecular weight excluding hydrogens is 340 g/mol. The fourth-order valence-electron chi connectivity index (χ4n) is 5.00. The number of aromatic nitrogens is 1. The van der Waals surface area contributed by atoms with E-state index < -0.39 is 0 Å². The van der Waals surface area contributed by atoms with Gasteiger partial charge in [-0.2, -0.15) is 4.57 Å². The monoisotopic (exact) mass is 365 g/mol. The minimum absolute atomic E-state index is 0.348. The van der Waals surface area contributed by atoms with E-state index in [0.29, 0.717) is 12.0 Å². The summed E-state index contributed by atoms with van der Waals surface area (Å²) in [5.41, 5.74) is 8.81. The normalized spacial score (nSPS) is 20.9. The number of pyridine rings is 1. The molecule has 0 spiro atoms. The zero-order valence-electron chi connectivity index (χ0n) is 16.3. The van der Waals surface area contributed by atoms with Gasteiger partial charge < -0.3 is 0 Å². The Morgan fingerprint density at radius 2 is 1.68 bits per heavy atom. The Kier molecular flexibility index (Phi) is 4.20. The Bertz CT molecular complexity index is 1090. The molecule has 2 unspecified atom stereocenters. The van der Waals surface area contributed by atoms with Gasteiger partial charge in [-0.25, -0.2) is 0 Å². The minimum atomic E-state index is 0.348. The van der Waals surface area contributed by atoms with E-state index >= 15 is 0 Å². The van der Waals surface area contributed by atoms with Gasteiger partial charge in [0.05, 0.1) is 6.42 Å². The molecule has 5 rings (SSSR count). The zero-order chi connectivity index (χ0) is 19.1. The van der Waals surface area contributed by atoms with Crippen LogP contribution >= 0.6 is 0 Å². The summed E-state index contributed by atoms with van der Waals surface area (Å²) in [4.78, 5) is 4.91. The number of nitrogens with zero attached hydrogens (tertiary/aromatic N) is 2. The quantitative estimate of drug-likeness (QED) is 0.459. The molecule has 0 radical (unpaired) electrons. The average Bonchev–Trinajstić information content (AvgIpc) is 2.73. The Morgan fingerprint density at radius 1 is 0.929 bits per heavy atom. The summed E-state index contributed by atoms with van der Waals surface area (Å²) in [6, 6.07) is 24.5. The van der Waals surface area contributed by atoms with Crippen molar-refractivity contribution >= 4 is 5.71 Å². The largest absolute Gasteiger partial charge is 0.258 e. The van der Waals surface area contributed by atoms with Crippen molar-refractivity contribution in [2.45, 2.75) is 38.1 Å². The first-order chi connectivity index (χ1) is 13.7. The predicted octanol–water partition coefficient (Wildman–Crippen LogP) is 5.64. The summed E-state index contributed by atoms with van der Waals surface area (Å²) in [6.07, 6.45) is 5.29. The molecule has 2 atom stereocenters. The molecule has 1 aromatic heterocycles. The van der Waals surface area contributed by atoms with Crippen molar-refractivity contribution in [1.82, 2.24) is 0 Å². The van der Waals surface area contributed by atoms with E-state index in [4.69, 9.17) is 4.99 Å². The maximum Gasteiger partial charge on any atom is 0.213 e. The Morgan fingerprint density at radius 3 is 2.57 bits per heavy atom. The highest BCUT2D eigenvalue weighted by Gasteiger charge is 2.39. The zero-order valence-corrected chi connectivity index (χ0v) is 16.3. The molecular formula is C26H25N2+. The highest BCUT2D eigenvalue weighted by molar-refractivity contribution is 6.00. The summed E-state index contributed by atoms with van der Waals surface area (Å²) in [6.45, 7) is 6.44. The number of allylic oxidation sites excluding steroid dienone is 1. The van der Waals surface area contributed by atoms with Crippen molar-refractivity contribution in [3.63, 3.8) is 0 Å². The van der Waals surface area contributed by atoms with Crippen molar-refractivity contribution in [2.75, 3.05) is 0 Å². The van der Waals surface area contributed by atoms with Crippen molar-refractivity contribution in [1.29, 1.82) is 0 Å². The topological polar surface area (TPSA) is 16.2 Å². The molecule has 3 heterocycles. The summed E-state index contributed by atoms with van der Waals surface area (Å²) in [5, 5.41) is 0. The first kappa shape index (κ1) is 17.1. The number of hydrogen-bond acceptors (Lipinski definition) is 1. The fourth-order valence-corrected chi connectivity index (χ4v) is 5.00. The maximum absolute atomic E-state index is 4.91. The molecule has 0 bridgehead atoms. The number of fused-ring (bicyclic) bond motifs is 7. The van der Waals surface area contributed by atoms with Gasteiger partial charge >= 0.3 is 0 Å². The van der Waals surface area contributed by atoms with Crippen molar-refractivity contribution in [3.8, 4) is 11.3 Å². The average molecular weight is 366 g/mol. The summed E-state index contributed by atoms with van der Waals surface area (Å²) in [5.74, 6) is 0.453. The van der Waals surface area contributed by atoms with Crippen LogP contribution in [0.2, 0.25) is 0 Å². The predicted molar refractivity (Wildman–Crippen MR) is 115 cm³/mol. The number of rotatable bonds is 0. The molecule has 138 valence electrons. The van der Waals surface area contributed by atoms with Crippen LogP contribution < -0.4 is 4.57 Å². The van der Waals surface area contributed by atoms with E-state index in [1.807, 2.05) is 0 Å². The van der Waals surface area contributed by atoms with Crippen molar-refractivity contribution in [2.24, 2.45) is 4.99 Å². The van der Waals surface area contributed by atoms with E-state index in [-0.39, 0.29) is 0 Å². The molecule has 2 nitrogen and oxygen atoms in total. The van der Waals surface area contributed by atoms with E-state index in [1.165, 1.54) is 27.9 Å². The third-order valence-electron chi connectivity index (χ3n) is 6.25. The van der Waals surface area contributed by atoms with Crippen LogP contribution in [0.3, 0.4) is 0 Å². The lowest BCUT2D eigenvalue weighted by molar-refractivity contribution is -0.718. The third-order valence-corrected chi connectivity index (χ3v) is 6.25. The molecule has 3 aromatic rings. The second kappa shape index (κ2) is 6.87. The molecule has 0 amide bonds. The molecule has 2 heteroatoms. The fraction of sp³-hybridized carbons (Fsp3) is 0.231. The van der Waals surface area contributed by atoms with Gasteiger partial charge in [-0.1, -0.05) is 49.0 Å². The van der Waals surface area contributed by atoms with Gasteiger partial charge in [0, 0.05) is 35.0 Å². The molecule has 0 aliphatic carbocycles. The maximum atomic E-state index is 4.91. The van der Waals surface area contributed by atoms with Gasteiger partial charge in [0.25, 0.3) is 0 Å². The van der Waals surface area contributed by atoms with Crippen LogP contribution in [0.5, 0.6) is 0 Å². The standard InChI is InChI=1S/C26H25N2/c1-18-17-26-24(15-14-20-9-3-4-10-21(20)19(2)27-18)22-11-5-6-12-23(22)25-13-7-8-16-28(25)26/h3-13,16,24,26H,1,14-15,17H2,2H3/q+1. The van der Waals surface area contributed by atoms with Crippen LogP contribution in [-0.4, -0.2) is 5.71 Å². The lowest BCUT2D eigenvalue weighted by Gasteiger charge is -2.31. The molecule has 0 fully saturated rings. The van der Waals surface area contributed by atoms with Gasteiger partial charge in [-0.05, 0) is 48.6 Å². The van der Waals surface area contributed by atoms with Crippen LogP contribution in [-0.2, 0) is 6.42 Å². The second-order valence-corrected chi connectivity index (χ2v) is 7.92. The number of benzene rings is 2. The first-order valence-electron chi connectivity index (χ1n) is 10.1. The van der Waals surface area contributed by atoms with Gasteiger partial charge in [-0.3, -0.25) is 4.99 Å². The van der Waals surface area contributed by atoms with E-state index in [9.17, 15) is 0 Å². The van der Waals surface area contributed by atoms with Gasteiger partial charge in [0.1, 0.15) is 0 Å². The van der Waals surface area contributed by atoms with Crippen LogP contribution in [0.25, 0.3) is 11.3 Å². The van der Waals surface area contributed by atoms with Crippen molar-refractivity contribution < 1.29 is 4.57 Å². The number of hydrogen-bond donors (Lipinski definition) is 0. The lowest BCUT2D eigenvalue weighted by Crippen LogP contribution is -2.47. The van der Waals surface area contributed by atoms with Gasteiger partial charge in [-0.15, -0.1) is 0 Å². The Hall–Kier alpha value is -3.00. The molecule has 2 aliphatic rings. The summed E-state index contributed by atoms with van der Waals surface area (Å²) >= 11 is 0. The van der Waals surface area contributed by atoms with E-state index in [1.54, 1.807) is 0 Å². The van der Waals surface area contributed by atoms with E-state index in [0.717, 1.165) is 30.7 Å². The first-order valence-corrected chi connectivity index (χ1v) is 10.1. The summed E-state index contributed by atoms with van der Waals surface area (Å²) in [7, 11) is 0. The molecule has 2 aromatic carbocycles. The minimum Gasteiger partial charge on any atom is -0.258 e. The molecule has 0 N–H and O–H groups in total. The van der Waals surface area contributed by atoms with Crippen LogP contribution in [0.15, 0.2) is 90.2 Å². The highest BCUT2D eigenvalue weighted by atomic mass is 15.0.